The number of benzene rings is 1. The zero-order valence-corrected chi connectivity index (χ0v) is 14.4. The van der Waals surface area contributed by atoms with E-state index in [-0.39, 0.29) is 12.5 Å². The molecular formula is C19H25N3O3. The minimum Gasteiger partial charge on any atom is -0.393 e. The molecule has 1 aromatic heterocycles. The number of rotatable bonds is 7. The molecular weight excluding hydrogens is 318 g/mol. The van der Waals surface area contributed by atoms with Crippen LogP contribution < -0.4 is 0 Å². The van der Waals surface area contributed by atoms with Gasteiger partial charge in [0.05, 0.1) is 19.8 Å². The molecule has 0 radical (unpaired) electrons. The molecule has 0 bridgehead atoms. The largest absolute Gasteiger partial charge is 0.393 e. The Labute approximate surface area is 148 Å². The lowest BCUT2D eigenvalue weighted by Crippen LogP contribution is -2.56. The van der Waals surface area contributed by atoms with Gasteiger partial charge in [-0.2, -0.15) is 5.10 Å². The first-order chi connectivity index (χ1) is 12.2. The minimum atomic E-state index is -0.711. The summed E-state index contributed by atoms with van der Waals surface area (Å²) in [6, 6.07) is 11.8. The summed E-state index contributed by atoms with van der Waals surface area (Å²) in [6.07, 6.45) is 5.47. The van der Waals surface area contributed by atoms with Crippen LogP contribution >= 0.6 is 0 Å². The number of carbonyl (C=O) groups is 1. The van der Waals surface area contributed by atoms with Gasteiger partial charge in [0.2, 0.25) is 5.91 Å². The lowest BCUT2D eigenvalue weighted by atomic mass is 9.93. The van der Waals surface area contributed by atoms with Crippen molar-refractivity contribution in [1.29, 1.82) is 0 Å². The summed E-state index contributed by atoms with van der Waals surface area (Å²) >= 11 is 0. The zero-order chi connectivity index (χ0) is 17.5. The highest BCUT2D eigenvalue weighted by Crippen LogP contribution is 2.23. The molecule has 1 fully saturated rings. The number of carbonyl (C=O) groups excluding carboxylic acids is 1. The number of hydrogen-bond acceptors (Lipinski definition) is 4. The maximum Gasteiger partial charge on any atom is 0.222 e. The number of aromatic nitrogens is 2. The van der Waals surface area contributed by atoms with Crippen LogP contribution in [-0.2, 0) is 22.5 Å². The van der Waals surface area contributed by atoms with E-state index in [0.29, 0.717) is 32.5 Å². The highest BCUT2D eigenvalue weighted by atomic mass is 16.5. The summed E-state index contributed by atoms with van der Waals surface area (Å²) in [4.78, 5) is 14.4. The van der Waals surface area contributed by atoms with Gasteiger partial charge in [0.15, 0.2) is 0 Å². The first-order valence-electron chi connectivity index (χ1n) is 8.75. The van der Waals surface area contributed by atoms with Crippen molar-refractivity contribution in [3.63, 3.8) is 0 Å². The van der Waals surface area contributed by atoms with Crippen molar-refractivity contribution in [3.8, 4) is 0 Å². The number of aryl methyl sites for hydroxylation is 1. The zero-order valence-electron chi connectivity index (χ0n) is 14.4. The summed E-state index contributed by atoms with van der Waals surface area (Å²) in [7, 11) is 0. The van der Waals surface area contributed by atoms with Crippen molar-refractivity contribution in [2.75, 3.05) is 26.3 Å². The van der Waals surface area contributed by atoms with Crippen LogP contribution in [0.4, 0.5) is 0 Å². The normalized spacial score (nSPS) is 20.6. The lowest BCUT2D eigenvalue weighted by Gasteiger charge is -2.42. The Morgan fingerprint density at radius 1 is 1.28 bits per heavy atom. The number of hydrogen-bond donors (Lipinski definition) is 1. The summed E-state index contributed by atoms with van der Waals surface area (Å²) in [5.74, 6) is 0.112. The van der Waals surface area contributed by atoms with E-state index in [9.17, 15) is 9.90 Å². The van der Waals surface area contributed by atoms with Crippen LogP contribution in [0.2, 0.25) is 0 Å². The number of morpholine rings is 1. The van der Waals surface area contributed by atoms with Crippen LogP contribution in [0.3, 0.4) is 0 Å². The number of amides is 1. The minimum absolute atomic E-state index is 0.0983. The van der Waals surface area contributed by atoms with Gasteiger partial charge in [-0.1, -0.05) is 30.3 Å². The van der Waals surface area contributed by atoms with Gasteiger partial charge in [-0.25, -0.2) is 0 Å². The lowest BCUT2D eigenvalue weighted by molar-refractivity contribution is -0.158. The Hall–Kier alpha value is -2.18. The molecule has 6 heteroatoms. The van der Waals surface area contributed by atoms with Crippen molar-refractivity contribution < 1.29 is 14.6 Å². The average molecular weight is 343 g/mol. The summed E-state index contributed by atoms with van der Waals surface area (Å²) in [5.41, 5.74) is 0.390. The molecule has 134 valence electrons. The SMILES string of the molecule is O=C(CCCn1cccn1)N1CCO[C@](CO)(Cc2ccccc2)C1. The summed E-state index contributed by atoms with van der Waals surface area (Å²) in [5, 5.41) is 14.1. The fraction of sp³-hybridized carbons (Fsp3) is 0.474. The van der Waals surface area contributed by atoms with Crippen LogP contribution in [0.1, 0.15) is 18.4 Å². The number of ether oxygens (including phenoxy) is 1. The second-order valence-corrected chi connectivity index (χ2v) is 6.54. The quantitative estimate of drug-likeness (QED) is 0.827. The van der Waals surface area contributed by atoms with Gasteiger partial charge >= 0.3 is 0 Å². The molecule has 1 aliphatic heterocycles. The Balaban J connectivity index is 1.55. The number of aliphatic hydroxyl groups excluding tert-OH is 1. The van der Waals surface area contributed by atoms with E-state index in [1.165, 1.54) is 0 Å². The van der Waals surface area contributed by atoms with Crippen LogP contribution in [0.25, 0.3) is 0 Å². The fourth-order valence-corrected chi connectivity index (χ4v) is 3.27. The van der Waals surface area contributed by atoms with E-state index in [0.717, 1.165) is 18.5 Å². The molecule has 1 atom stereocenters. The van der Waals surface area contributed by atoms with E-state index < -0.39 is 5.60 Å². The molecule has 0 saturated carbocycles. The Morgan fingerprint density at radius 2 is 2.12 bits per heavy atom. The van der Waals surface area contributed by atoms with Crippen LogP contribution in [-0.4, -0.2) is 57.6 Å². The van der Waals surface area contributed by atoms with E-state index in [1.54, 1.807) is 6.20 Å². The smallest absolute Gasteiger partial charge is 0.222 e. The third kappa shape index (κ3) is 4.67. The van der Waals surface area contributed by atoms with Gasteiger partial charge < -0.3 is 14.7 Å². The van der Waals surface area contributed by atoms with Crippen molar-refractivity contribution >= 4 is 5.91 Å². The standard InChI is InChI=1S/C19H25N3O3/c23-16-19(14-17-6-2-1-3-7-17)15-21(12-13-25-19)18(24)8-4-10-22-11-5-9-20-22/h1-3,5-7,9,11,23H,4,8,10,12-16H2/t19-/m1/s1. The molecule has 1 aromatic carbocycles. The summed E-state index contributed by atoms with van der Waals surface area (Å²) in [6.45, 7) is 2.10. The van der Waals surface area contributed by atoms with E-state index in [4.69, 9.17) is 4.74 Å². The highest BCUT2D eigenvalue weighted by Gasteiger charge is 2.37. The third-order valence-corrected chi connectivity index (χ3v) is 4.60. The van der Waals surface area contributed by atoms with Gasteiger partial charge in [0.25, 0.3) is 0 Å². The molecule has 25 heavy (non-hydrogen) atoms. The molecule has 0 spiro atoms. The van der Waals surface area contributed by atoms with Crippen molar-refractivity contribution in [2.24, 2.45) is 0 Å². The molecule has 2 heterocycles. The number of nitrogens with zero attached hydrogens (tertiary/aromatic N) is 3. The van der Waals surface area contributed by atoms with E-state index in [2.05, 4.69) is 5.10 Å². The second-order valence-electron chi connectivity index (χ2n) is 6.54. The Bertz CT molecular complexity index is 660. The van der Waals surface area contributed by atoms with Gasteiger partial charge in [0.1, 0.15) is 5.60 Å². The molecule has 6 nitrogen and oxygen atoms in total. The van der Waals surface area contributed by atoms with Crippen molar-refractivity contribution in [2.45, 2.75) is 31.4 Å². The van der Waals surface area contributed by atoms with Gasteiger partial charge in [0, 0.05) is 38.3 Å². The number of aliphatic hydroxyl groups is 1. The molecule has 1 saturated heterocycles. The van der Waals surface area contributed by atoms with Gasteiger partial charge in [-0.3, -0.25) is 9.48 Å². The topological polar surface area (TPSA) is 67.6 Å². The maximum atomic E-state index is 12.5. The Kier molecular flexibility index (Phi) is 5.83. The average Bonchev–Trinajstić information content (AvgIpc) is 3.16. The highest BCUT2D eigenvalue weighted by molar-refractivity contribution is 5.76. The summed E-state index contributed by atoms with van der Waals surface area (Å²) < 4.78 is 7.74. The molecule has 1 amide bonds. The van der Waals surface area contributed by atoms with E-state index in [1.807, 2.05) is 52.2 Å². The molecule has 0 unspecified atom stereocenters. The van der Waals surface area contributed by atoms with Crippen molar-refractivity contribution in [1.82, 2.24) is 14.7 Å². The molecule has 1 N–H and O–H groups in total. The molecule has 2 aromatic rings. The van der Waals surface area contributed by atoms with Crippen molar-refractivity contribution in [3.05, 3.63) is 54.4 Å². The Morgan fingerprint density at radius 3 is 2.84 bits per heavy atom. The first-order valence-corrected chi connectivity index (χ1v) is 8.75. The molecule has 3 rings (SSSR count). The molecule has 1 aliphatic rings. The molecule has 0 aliphatic carbocycles. The maximum absolute atomic E-state index is 12.5. The second kappa shape index (κ2) is 8.27. The predicted molar refractivity (Wildman–Crippen MR) is 94.0 cm³/mol. The van der Waals surface area contributed by atoms with Crippen LogP contribution in [0, 0.1) is 0 Å². The van der Waals surface area contributed by atoms with Gasteiger partial charge in [-0.05, 0) is 18.1 Å². The van der Waals surface area contributed by atoms with E-state index >= 15 is 0 Å². The monoisotopic (exact) mass is 343 g/mol. The third-order valence-electron chi connectivity index (χ3n) is 4.60. The van der Waals surface area contributed by atoms with Crippen LogP contribution in [0.15, 0.2) is 48.8 Å². The fourth-order valence-electron chi connectivity index (χ4n) is 3.27. The predicted octanol–water partition coefficient (Wildman–Crippen LogP) is 1.50. The van der Waals surface area contributed by atoms with Crippen LogP contribution in [0.5, 0.6) is 0 Å². The van der Waals surface area contributed by atoms with Gasteiger partial charge in [-0.15, -0.1) is 0 Å². The first kappa shape index (κ1) is 17.6.